The fraction of sp³-hybridized carbons (Fsp3) is 0.214. The van der Waals surface area contributed by atoms with Crippen molar-refractivity contribution in [2.75, 3.05) is 11.1 Å². The summed E-state index contributed by atoms with van der Waals surface area (Å²) >= 11 is 1.76. The van der Waals surface area contributed by atoms with E-state index in [1.54, 1.807) is 29.5 Å². The van der Waals surface area contributed by atoms with E-state index in [-0.39, 0.29) is 11.3 Å². The number of aryl methyl sites for hydroxylation is 1. The summed E-state index contributed by atoms with van der Waals surface area (Å²) < 4.78 is 0. The highest BCUT2D eigenvalue weighted by Crippen LogP contribution is 2.21. The molecule has 0 saturated carbocycles. The quantitative estimate of drug-likeness (QED) is 0.733. The van der Waals surface area contributed by atoms with Gasteiger partial charge in [0.05, 0.1) is 5.56 Å². The second-order valence-electron chi connectivity index (χ2n) is 4.18. The largest absolute Gasteiger partial charge is 0.478 e. The van der Waals surface area contributed by atoms with Gasteiger partial charge in [-0.2, -0.15) is 0 Å². The summed E-state index contributed by atoms with van der Waals surface area (Å²) in [4.78, 5) is 13.6. The number of thiophene rings is 1. The van der Waals surface area contributed by atoms with Gasteiger partial charge in [-0.25, -0.2) is 4.79 Å². The molecule has 19 heavy (non-hydrogen) atoms. The van der Waals surface area contributed by atoms with Crippen LogP contribution in [0.2, 0.25) is 0 Å². The van der Waals surface area contributed by atoms with E-state index in [4.69, 9.17) is 10.8 Å². The molecule has 0 aliphatic rings. The maximum absolute atomic E-state index is 11.0. The van der Waals surface area contributed by atoms with Crippen LogP contribution in [0.4, 0.5) is 11.4 Å². The van der Waals surface area contributed by atoms with Crippen molar-refractivity contribution in [1.29, 1.82) is 0 Å². The second kappa shape index (κ2) is 5.75. The number of nitrogens with one attached hydrogen (secondary N) is 1. The summed E-state index contributed by atoms with van der Waals surface area (Å²) in [5, 5.41) is 12.2. The number of benzene rings is 1. The number of carboxylic acid groups (broad SMARTS) is 1. The smallest absolute Gasteiger partial charge is 0.337 e. The summed E-state index contributed by atoms with van der Waals surface area (Å²) in [7, 11) is 0. The minimum Gasteiger partial charge on any atom is -0.478 e. The van der Waals surface area contributed by atoms with Gasteiger partial charge in [0.25, 0.3) is 0 Å². The van der Waals surface area contributed by atoms with Crippen LogP contribution in [0.25, 0.3) is 0 Å². The van der Waals surface area contributed by atoms with Gasteiger partial charge in [-0.05, 0) is 36.8 Å². The molecule has 0 radical (unpaired) electrons. The van der Waals surface area contributed by atoms with Crippen molar-refractivity contribution in [3.05, 3.63) is 45.6 Å². The van der Waals surface area contributed by atoms with Gasteiger partial charge < -0.3 is 16.2 Å². The lowest BCUT2D eigenvalue weighted by Crippen LogP contribution is -2.04. The minimum absolute atomic E-state index is 0.130. The molecule has 4 N–H and O–H groups in total. The molecule has 1 aromatic heterocycles. The van der Waals surface area contributed by atoms with Gasteiger partial charge in [0.1, 0.15) is 0 Å². The Bertz CT molecular complexity index is 593. The number of hydrogen-bond acceptors (Lipinski definition) is 4. The fourth-order valence-corrected chi connectivity index (χ4v) is 2.65. The Morgan fingerprint density at radius 2 is 2.05 bits per heavy atom. The zero-order valence-corrected chi connectivity index (χ0v) is 11.5. The highest BCUT2D eigenvalue weighted by molar-refractivity contribution is 7.12. The molecule has 0 unspecified atom stereocenters. The van der Waals surface area contributed by atoms with Crippen LogP contribution in [0.3, 0.4) is 0 Å². The molecule has 2 aromatic rings. The molecule has 0 aliphatic heterocycles. The summed E-state index contributed by atoms with van der Waals surface area (Å²) in [5.41, 5.74) is 6.78. The maximum Gasteiger partial charge on any atom is 0.337 e. The number of carbonyl (C=O) groups is 1. The Kier molecular flexibility index (Phi) is 4.06. The van der Waals surface area contributed by atoms with E-state index in [9.17, 15) is 4.79 Å². The van der Waals surface area contributed by atoms with Crippen LogP contribution in [0.5, 0.6) is 0 Å². The van der Waals surface area contributed by atoms with Crippen molar-refractivity contribution in [3.8, 4) is 0 Å². The summed E-state index contributed by atoms with van der Waals surface area (Å²) in [5.74, 6) is -1.01. The maximum atomic E-state index is 11.0. The topological polar surface area (TPSA) is 75.3 Å². The Morgan fingerprint density at radius 1 is 1.32 bits per heavy atom. The highest BCUT2D eigenvalue weighted by Gasteiger charge is 2.08. The Balaban J connectivity index is 2.07. The molecular weight excluding hydrogens is 260 g/mol. The predicted octanol–water partition coefficient (Wildman–Crippen LogP) is 3.20. The number of nitrogens with two attached hydrogens (primary N) is 1. The predicted molar refractivity (Wildman–Crippen MR) is 78.8 cm³/mol. The fourth-order valence-electron chi connectivity index (χ4n) is 1.75. The van der Waals surface area contributed by atoms with E-state index in [0.29, 0.717) is 6.54 Å². The number of hydrogen-bond donors (Lipinski definition) is 3. The normalized spacial score (nSPS) is 10.4. The zero-order valence-electron chi connectivity index (χ0n) is 10.6. The first-order valence-electron chi connectivity index (χ1n) is 6.04. The molecule has 4 nitrogen and oxygen atoms in total. The van der Waals surface area contributed by atoms with Crippen LogP contribution in [0.15, 0.2) is 30.3 Å². The molecule has 0 saturated heterocycles. The van der Waals surface area contributed by atoms with Gasteiger partial charge >= 0.3 is 5.97 Å². The molecular formula is C14H16N2O2S. The van der Waals surface area contributed by atoms with E-state index in [2.05, 4.69) is 24.4 Å². The first-order chi connectivity index (χ1) is 9.10. The van der Waals surface area contributed by atoms with E-state index in [1.807, 2.05) is 0 Å². The first-order valence-corrected chi connectivity index (χ1v) is 6.86. The van der Waals surface area contributed by atoms with E-state index < -0.39 is 5.97 Å². The number of nitrogen functional groups attached to an aromatic ring is 1. The van der Waals surface area contributed by atoms with Gasteiger partial charge in [-0.3, -0.25) is 0 Å². The lowest BCUT2D eigenvalue weighted by Gasteiger charge is -2.07. The van der Waals surface area contributed by atoms with E-state index >= 15 is 0 Å². The van der Waals surface area contributed by atoms with Gasteiger partial charge in [0.2, 0.25) is 0 Å². The van der Waals surface area contributed by atoms with Crippen LogP contribution < -0.4 is 11.1 Å². The van der Waals surface area contributed by atoms with Gasteiger partial charge in [0, 0.05) is 27.7 Å². The number of anilines is 2. The third-order valence-corrected chi connectivity index (χ3v) is 4.05. The average Bonchev–Trinajstić information content (AvgIpc) is 2.85. The summed E-state index contributed by atoms with van der Waals surface area (Å²) in [6.45, 7) is 2.82. The van der Waals surface area contributed by atoms with Crippen molar-refractivity contribution in [1.82, 2.24) is 0 Å². The third kappa shape index (κ3) is 3.26. The van der Waals surface area contributed by atoms with Crippen LogP contribution in [-0.4, -0.2) is 11.1 Å². The molecule has 0 aliphatic carbocycles. The van der Waals surface area contributed by atoms with Crippen molar-refractivity contribution in [2.24, 2.45) is 0 Å². The molecule has 0 bridgehead atoms. The molecule has 2 rings (SSSR count). The molecule has 1 heterocycles. The Labute approximate surface area is 115 Å². The zero-order chi connectivity index (χ0) is 13.8. The van der Waals surface area contributed by atoms with Crippen LogP contribution >= 0.6 is 11.3 Å². The van der Waals surface area contributed by atoms with Gasteiger partial charge in [-0.1, -0.05) is 6.92 Å². The average molecular weight is 276 g/mol. The first kappa shape index (κ1) is 13.4. The van der Waals surface area contributed by atoms with Crippen LogP contribution in [-0.2, 0) is 13.0 Å². The van der Waals surface area contributed by atoms with E-state index in [1.165, 1.54) is 9.75 Å². The molecule has 100 valence electrons. The van der Waals surface area contributed by atoms with Crippen molar-refractivity contribution < 1.29 is 9.90 Å². The van der Waals surface area contributed by atoms with Crippen molar-refractivity contribution >= 4 is 28.7 Å². The summed E-state index contributed by atoms with van der Waals surface area (Å²) in [6, 6.07) is 9.17. The van der Waals surface area contributed by atoms with Crippen LogP contribution in [0.1, 0.15) is 27.0 Å². The monoisotopic (exact) mass is 276 g/mol. The highest BCUT2D eigenvalue weighted by atomic mass is 32.1. The lowest BCUT2D eigenvalue weighted by atomic mass is 10.1. The standard InChI is InChI=1S/C14H16N2O2S/c1-2-10-4-5-11(19-10)8-16-9-3-6-13(15)12(7-9)14(17)18/h3-7,16H,2,8,15H2,1H3,(H,17,18). The summed E-state index contributed by atoms with van der Waals surface area (Å²) in [6.07, 6.45) is 1.04. The number of carboxylic acids is 1. The minimum atomic E-state index is -1.01. The Morgan fingerprint density at radius 3 is 2.68 bits per heavy atom. The SMILES string of the molecule is CCc1ccc(CNc2ccc(N)c(C(=O)O)c2)s1. The van der Waals surface area contributed by atoms with Gasteiger partial charge in [-0.15, -0.1) is 11.3 Å². The van der Waals surface area contributed by atoms with Crippen molar-refractivity contribution in [2.45, 2.75) is 19.9 Å². The Hall–Kier alpha value is -2.01. The molecule has 0 atom stereocenters. The number of rotatable bonds is 5. The van der Waals surface area contributed by atoms with E-state index in [0.717, 1.165) is 12.1 Å². The molecule has 1 aromatic carbocycles. The molecule has 0 fully saturated rings. The third-order valence-electron chi connectivity index (χ3n) is 2.82. The molecule has 0 amide bonds. The van der Waals surface area contributed by atoms with Crippen molar-refractivity contribution in [3.63, 3.8) is 0 Å². The van der Waals surface area contributed by atoms with Crippen LogP contribution in [0, 0.1) is 0 Å². The molecule has 0 spiro atoms. The lowest BCUT2D eigenvalue weighted by molar-refractivity contribution is 0.0698. The van der Waals surface area contributed by atoms with Gasteiger partial charge in [0.15, 0.2) is 0 Å². The number of aromatic carboxylic acids is 1. The molecule has 5 heteroatoms. The second-order valence-corrected chi connectivity index (χ2v) is 5.44.